The molecule has 0 aromatic carbocycles. The molecular formula is C18H37NO3S. The predicted molar refractivity (Wildman–Crippen MR) is 100 cm³/mol. The molecule has 0 aromatic heterocycles. The van der Waals surface area contributed by atoms with Crippen LogP contribution >= 0.6 is 12.6 Å². The van der Waals surface area contributed by atoms with Crippen molar-refractivity contribution in [1.29, 1.82) is 0 Å². The molecule has 0 spiro atoms. The van der Waals surface area contributed by atoms with E-state index >= 15 is 0 Å². The van der Waals surface area contributed by atoms with Gasteiger partial charge >= 0.3 is 0 Å². The zero-order valence-electron chi connectivity index (χ0n) is 15.0. The normalized spacial score (nSPS) is 10.9. The fraction of sp³-hybridized carbons (Fsp3) is 0.944. The third kappa shape index (κ3) is 19.7. The molecule has 0 aliphatic carbocycles. The van der Waals surface area contributed by atoms with Crippen LogP contribution in [0.2, 0.25) is 0 Å². The minimum atomic E-state index is 0.144. The predicted octanol–water partition coefficient (Wildman–Crippen LogP) is 3.99. The number of amides is 1. The summed E-state index contributed by atoms with van der Waals surface area (Å²) in [6.45, 7) is 5.06. The first kappa shape index (κ1) is 22.7. The van der Waals surface area contributed by atoms with Crippen molar-refractivity contribution in [2.24, 2.45) is 0 Å². The van der Waals surface area contributed by atoms with E-state index in [2.05, 4.69) is 17.9 Å². The quantitative estimate of drug-likeness (QED) is 0.291. The van der Waals surface area contributed by atoms with Gasteiger partial charge in [-0.1, -0.05) is 44.9 Å². The van der Waals surface area contributed by atoms with Crippen molar-refractivity contribution < 1.29 is 14.3 Å². The van der Waals surface area contributed by atoms with Crippen molar-refractivity contribution in [3.05, 3.63) is 0 Å². The molecule has 4 nitrogen and oxygen atoms in total. The summed E-state index contributed by atoms with van der Waals surface area (Å²) in [6.07, 6.45) is 11.9. The molecular weight excluding hydrogens is 310 g/mol. The largest absolute Gasteiger partial charge is 0.379 e. The van der Waals surface area contributed by atoms with Crippen LogP contribution in [0.3, 0.4) is 0 Å². The minimum absolute atomic E-state index is 0.144. The Morgan fingerprint density at radius 1 is 0.826 bits per heavy atom. The molecule has 0 heterocycles. The molecule has 1 N–H and O–H groups in total. The highest BCUT2D eigenvalue weighted by Gasteiger charge is 2.00. The number of hydrogen-bond donors (Lipinski definition) is 2. The Morgan fingerprint density at radius 2 is 1.39 bits per heavy atom. The van der Waals surface area contributed by atoms with Gasteiger partial charge in [0.2, 0.25) is 5.91 Å². The summed E-state index contributed by atoms with van der Waals surface area (Å²) < 4.78 is 10.5. The second-order valence-electron chi connectivity index (χ2n) is 5.81. The third-order valence-corrected chi connectivity index (χ3v) is 4.02. The number of hydrogen-bond acceptors (Lipinski definition) is 4. The van der Waals surface area contributed by atoms with E-state index in [1.54, 1.807) is 0 Å². The molecule has 0 saturated carbocycles. The summed E-state index contributed by atoms with van der Waals surface area (Å²) in [5, 5.41) is 2.89. The zero-order valence-corrected chi connectivity index (χ0v) is 15.9. The Balaban J connectivity index is 3.13. The molecule has 0 aromatic rings. The second-order valence-corrected chi connectivity index (χ2v) is 6.26. The van der Waals surface area contributed by atoms with Gasteiger partial charge in [0, 0.05) is 19.6 Å². The van der Waals surface area contributed by atoms with E-state index in [4.69, 9.17) is 9.47 Å². The molecule has 23 heavy (non-hydrogen) atoms. The molecule has 0 rings (SSSR count). The van der Waals surface area contributed by atoms with Crippen LogP contribution in [0, 0.1) is 0 Å². The SMILES string of the molecule is CCOCCOCCNC(=O)CCCCCCCCCCCS. The molecule has 5 heteroatoms. The number of unbranched alkanes of at least 4 members (excludes halogenated alkanes) is 8. The lowest BCUT2D eigenvalue weighted by Gasteiger charge is -2.06. The van der Waals surface area contributed by atoms with Crippen LogP contribution in [0.4, 0.5) is 0 Å². The minimum Gasteiger partial charge on any atom is -0.379 e. The summed E-state index contributed by atoms with van der Waals surface area (Å²) in [6, 6.07) is 0. The summed E-state index contributed by atoms with van der Waals surface area (Å²) in [5.74, 6) is 1.16. The molecule has 0 aliphatic heterocycles. The van der Waals surface area contributed by atoms with Crippen molar-refractivity contribution in [2.45, 2.75) is 71.1 Å². The maximum absolute atomic E-state index is 11.6. The van der Waals surface area contributed by atoms with Crippen LogP contribution in [-0.2, 0) is 14.3 Å². The van der Waals surface area contributed by atoms with Crippen LogP contribution < -0.4 is 5.32 Å². The van der Waals surface area contributed by atoms with E-state index in [0.717, 1.165) is 25.2 Å². The standard InChI is InChI=1S/C18H37NO3S/c1-2-21-15-16-22-14-13-19-18(20)12-10-8-6-4-3-5-7-9-11-17-23/h23H,2-17H2,1H3,(H,19,20). The molecule has 0 atom stereocenters. The first-order valence-electron chi connectivity index (χ1n) is 9.34. The molecule has 1 amide bonds. The maximum Gasteiger partial charge on any atom is 0.220 e. The summed E-state index contributed by atoms with van der Waals surface area (Å²) >= 11 is 4.22. The number of carbonyl (C=O) groups is 1. The smallest absolute Gasteiger partial charge is 0.220 e. The van der Waals surface area contributed by atoms with Gasteiger partial charge in [-0.2, -0.15) is 12.6 Å². The Bertz CT molecular complexity index is 252. The summed E-state index contributed by atoms with van der Waals surface area (Å²) in [7, 11) is 0. The number of thiol groups is 1. The highest BCUT2D eigenvalue weighted by atomic mass is 32.1. The van der Waals surface area contributed by atoms with E-state index in [-0.39, 0.29) is 5.91 Å². The van der Waals surface area contributed by atoms with Gasteiger partial charge in [-0.3, -0.25) is 4.79 Å². The molecule has 0 saturated heterocycles. The molecule has 0 bridgehead atoms. The maximum atomic E-state index is 11.6. The van der Waals surface area contributed by atoms with Crippen LogP contribution in [-0.4, -0.2) is 44.6 Å². The zero-order chi connectivity index (χ0) is 17.0. The first-order valence-corrected chi connectivity index (χ1v) is 9.97. The lowest BCUT2D eigenvalue weighted by atomic mass is 10.1. The van der Waals surface area contributed by atoms with Gasteiger partial charge in [0.1, 0.15) is 0 Å². The highest BCUT2D eigenvalue weighted by molar-refractivity contribution is 7.80. The Kier molecular flexibility index (Phi) is 19.6. The number of nitrogens with one attached hydrogen (secondary N) is 1. The van der Waals surface area contributed by atoms with Gasteiger partial charge in [-0.25, -0.2) is 0 Å². The lowest BCUT2D eigenvalue weighted by Crippen LogP contribution is -2.27. The monoisotopic (exact) mass is 347 g/mol. The van der Waals surface area contributed by atoms with E-state index in [0.29, 0.717) is 32.8 Å². The Labute approximate surface area is 148 Å². The topological polar surface area (TPSA) is 47.6 Å². The Morgan fingerprint density at radius 3 is 2.00 bits per heavy atom. The first-order chi connectivity index (χ1) is 11.3. The van der Waals surface area contributed by atoms with E-state index in [1.165, 1.54) is 44.9 Å². The highest BCUT2D eigenvalue weighted by Crippen LogP contribution is 2.10. The summed E-state index contributed by atoms with van der Waals surface area (Å²) in [4.78, 5) is 11.6. The third-order valence-electron chi connectivity index (χ3n) is 3.71. The van der Waals surface area contributed by atoms with Crippen molar-refractivity contribution >= 4 is 18.5 Å². The second kappa shape index (κ2) is 19.8. The van der Waals surface area contributed by atoms with Gasteiger partial charge in [0.15, 0.2) is 0 Å². The lowest BCUT2D eigenvalue weighted by molar-refractivity contribution is -0.121. The molecule has 0 aliphatic rings. The van der Waals surface area contributed by atoms with Crippen molar-refractivity contribution in [1.82, 2.24) is 5.32 Å². The van der Waals surface area contributed by atoms with Gasteiger partial charge in [0.05, 0.1) is 19.8 Å². The Hall–Kier alpha value is -0.260. The molecule has 0 radical (unpaired) electrons. The van der Waals surface area contributed by atoms with Crippen LogP contribution in [0.1, 0.15) is 71.1 Å². The van der Waals surface area contributed by atoms with Crippen molar-refractivity contribution in [3.8, 4) is 0 Å². The number of rotatable bonds is 18. The van der Waals surface area contributed by atoms with Gasteiger partial charge in [-0.05, 0) is 25.5 Å². The van der Waals surface area contributed by atoms with Crippen LogP contribution in [0.25, 0.3) is 0 Å². The van der Waals surface area contributed by atoms with E-state index in [9.17, 15) is 4.79 Å². The van der Waals surface area contributed by atoms with Crippen molar-refractivity contribution in [2.75, 3.05) is 38.7 Å². The summed E-state index contributed by atoms with van der Waals surface area (Å²) in [5.41, 5.74) is 0. The fourth-order valence-corrected chi connectivity index (χ4v) is 2.57. The van der Waals surface area contributed by atoms with E-state index < -0.39 is 0 Å². The van der Waals surface area contributed by atoms with Crippen LogP contribution in [0.5, 0.6) is 0 Å². The van der Waals surface area contributed by atoms with Gasteiger partial charge in [-0.15, -0.1) is 0 Å². The van der Waals surface area contributed by atoms with Gasteiger partial charge in [0.25, 0.3) is 0 Å². The number of carbonyl (C=O) groups excluding carboxylic acids is 1. The molecule has 0 fully saturated rings. The molecule has 138 valence electrons. The fourth-order valence-electron chi connectivity index (χ4n) is 2.35. The number of ether oxygens (including phenoxy) is 2. The van der Waals surface area contributed by atoms with Crippen molar-refractivity contribution in [3.63, 3.8) is 0 Å². The van der Waals surface area contributed by atoms with Crippen LogP contribution in [0.15, 0.2) is 0 Å². The molecule has 0 unspecified atom stereocenters. The van der Waals surface area contributed by atoms with Gasteiger partial charge < -0.3 is 14.8 Å². The average molecular weight is 348 g/mol. The van der Waals surface area contributed by atoms with E-state index in [1.807, 2.05) is 6.92 Å². The average Bonchev–Trinajstić information content (AvgIpc) is 2.55.